The summed E-state index contributed by atoms with van der Waals surface area (Å²) in [6.07, 6.45) is 2.27. The molecule has 2 unspecified atom stereocenters. The van der Waals surface area contributed by atoms with E-state index in [1.165, 1.54) is 11.1 Å². The lowest BCUT2D eigenvalue weighted by atomic mass is 9.80. The summed E-state index contributed by atoms with van der Waals surface area (Å²) in [5.74, 6) is 0.180. The van der Waals surface area contributed by atoms with Gasteiger partial charge in [0.2, 0.25) is 0 Å². The Kier molecular flexibility index (Phi) is 5.53. The molecule has 0 saturated heterocycles. The van der Waals surface area contributed by atoms with Crippen LogP contribution in [0.5, 0.6) is 0 Å². The van der Waals surface area contributed by atoms with Crippen LogP contribution in [0.2, 0.25) is 0 Å². The number of hydrogen-bond acceptors (Lipinski definition) is 4. The molecular formula is C20H33N3O. The molecule has 0 spiro atoms. The zero-order valence-corrected chi connectivity index (χ0v) is 16.6. The van der Waals surface area contributed by atoms with E-state index < -0.39 is 5.54 Å². The third-order valence-corrected chi connectivity index (χ3v) is 5.70. The summed E-state index contributed by atoms with van der Waals surface area (Å²) < 4.78 is 0. The predicted molar refractivity (Wildman–Crippen MR) is 101 cm³/mol. The molecule has 0 heterocycles. The van der Waals surface area contributed by atoms with Crippen LogP contribution in [0, 0.1) is 0 Å². The van der Waals surface area contributed by atoms with E-state index in [1.54, 1.807) is 0 Å². The van der Waals surface area contributed by atoms with Gasteiger partial charge in [0.15, 0.2) is 5.78 Å². The zero-order chi connectivity index (χ0) is 18.2. The van der Waals surface area contributed by atoms with E-state index >= 15 is 0 Å². The molecular weight excluding hydrogens is 298 g/mol. The minimum atomic E-state index is -0.503. The van der Waals surface area contributed by atoms with E-state index in [9.17, 15) is 4.79 Å². The van der Waals surface area contributed by atoms with Gasteiger partial charge in [-0.2, -0.15) is 0 Å². The molecule has 24 heavy (non-hydrogen) atoms. The minimum Gasteiger partial charge on any atom is -0.302 e. The number of Topliss-reactive ketones (excluding diaryl/α,β-unsaturated/α-hetero) is 1. The van der Waals surface area contributed by atoms with E-state index in [0.29, 0.717) is 12.1 Å². The molecule has 2 atom stereocenters. The molecule has 1 aliphatic rings. The molecule has 1 aromatic rings. The highest BCUT2D eigenvalue weighted by Gasteiger charge is 2.34. The molecule has 2 rings (SSSR count). The third-order valence-electron chi connectivity index (χ3n) is 5.70. The second-order valence-electron chi connectivity index (χ2n) is 8.16. The van der Waals surface area contributed by atoms with Gasteiger partial charge < -0.3 is 9.80 Å². The molecule has 4 nitrogen and oxygen atoms in total. The third kappa shape index (κ3) is 3.41. The SMILES string of the molecule is CN(C)C1CCC(N(C)C)c2cc(C(=O)C(C)(C)N(C)C)ccc21. The van der Waals surface area contributed by atoms with Crippen molar-refractivity contribution in [2.75, 3.05) is 42.3 Å². The molecule has 134 valence electrons. The van der Waals surface area contributed by atoms with E-state index in [4.69, 9.17) is 0 Å². The Balaban J connectivity index is 2.50. The molecule has 0 amide bonds. The first-order chi connectivity index (χ1) is 11.1. The summed E-state index contributed by atoms with van der Waals surface area (Å²) in [5, 5.41) is 0. The van der Waals surface area contributed by atoms with Crippen LogP contribution in [-0.2, 0) is 0 Å². The first kappa shape index (κ1) is 19.1. The molecule has 1 aliphatic carbocycles. The molecule has 0 bridgehead atoms. The molecule has 0 fully saturated rings. The first-order valence-electron chi connectivity index (χ1n) is 8.76. The number of carbonyl (C=O) groups excluding carboxylic acids is 1. The Bertz CT molecular complexity index is 605. The molecule has 4 heteroatoms. The van der Waals surface area contributed by atoms with Crippen LogP contribution in [0.1, 0.15) is 60.3 Å². The smallest absolute Gasteiger partial charge is 0.182 e. The first-order valence-corrected chi connectivity index (χ1v) is 8.76. The van der Waals surface area contributed by atoms with E-state index in [1.807, 2.05) is 38.9 Å². The summed E-state index contributed by atoms with van der Waals surface area (Å²) in [4.78, 5) is 19.6. The summed E-state index contributed by atoms with van der Waals surface area (Å²) in [6, 6.07) is 7.15. The normalized spacial score (nSPS) is 21.5. The maximum atomic E-state index is 13.0. The lowest BCUT2D eigenvalue weighted by Gasteiger charge is -2.38. The molecule has 0 saturated carbocycles. The van der Waals surface area contributed by atoms with Gasteiger partial charge in [-0.1, -0.05) is 12.1 Å². The van der Waals surface area contributed by atoms with Gasteiger partial charge in [-0.25, -0.2) is 0 Å². The number of benzene rings is 1. The van der Waals surface area contributed by atoms with Gasteiger partial charge in [0.1, 0.15) is 0 Å². The van der Waals surface area contributed by atoms with Gasteiger partial charge in [-0.05, 0) is 86.2 Å². The fourth-order valence-electron chi connectivity index (χ4n) is 3.56. The van der Waals surface area contributed by atoms with Crippen molar-refractivity contribution in [1.82, 2.24) is 14.7 Å². The second-order valence-corrected chi connectivity index (χ2v) is 8.16. The number of likely N-dealkylation sites (N-methyl/N-ethyl adjacent to an activating group) is 1. The number of fused-ring (bicyclic) bond motifs is 1. The Morgan fingerprint density at radius 1 is 0.917 bits per heavy atom. The van der Waals surface area contributed by atoms with Crippen molar-refractivity contribution in [2.24, 2.45) is 0 Å². The average Bonchev–Trinajstić information content (AvgIpc) is 2.51. The van der Waals surface area contributed by atoms with Crippen molar-refractivity contribution in [3.05, 3.63) is 34.9 Å². The van der Waals surface area contributed by atoms with Crippen molar-refractivity contribution in [3.8, 4) is 0 Å². The Hall–Kier alpha value is -1.23. The van der Waals surface area contributed by atoms with Gasteiger partial charge in [-0.15, -0.1) is 0 Å². The van der Waals surface area contributed by atoms with Gasteiger partial charge in [0.25, 0.3) is 0 Å². The quantitative estimate of drug-likeness (QED) is 0.774. The Labute approximate surface area is 147 Å². The van der Waals surface area contributed by atoms with Gasteiger partial charge in [0.05, 0.1) is 5.54 Å². The molecule has 0 radical (unpaired) electrons. The van der Waals surface area contributed by atoms with Crippen LogP contribution >= 0.6 is 0 Å². The maximum absolute atomic E-state index is 13.0. The van der Waals surface area contributed by atoms with Crippen LogP contribution in [0.4, 0.5) is 0 Å². The number of nitrogens with zero attached hydrogens (tertiary/aromatic N) is 3. The fourth-order valence-corrected chi connectivity index (χ4v) is 3.56. The molecule has 0 aromatic heterocycles. The fraction of sp³-hybridized carbons (Fsp3) is 0.650. The standard InChI is InChI=1S/C20H33N3O/c1-20(2,23(7)8)19(24)14-9-10-15-16(13-14)18(22(5)6)12-11-17(15)21(3)4/h9-10,13,17-18H,11-12H2,1-8H3. The predicted octanol–water partition coefficient (Wildman–Crippen LogP) is 3.21. The Morgan fingerprint density at radius 2 is 1.42 bits per heavy atom. The lowest BCUT2D eigenvalue weighted by molar-refractivity contribution is 0.0755. The largest absolute Gasteiger partial charge is 0.302 e. The van der Waals surface area contributed by atoms with Crippen LogP contribution in [0.25, 0.3) is 0 Å². The lowest BCUT2D eigenvalue weighted by Crippen LogP contribution is -2.45. The van der Waals surface area contributed by atoms with Crippen LogP contribution < -0.4 is 0 Å². The number of hydrogen-bond donors (Lipinski definition) is 0. The second kappa shape index (κ2) is 6.95. The number of rotatable bonds is 5. The van der Waals surface area contributed by atoms with E-state index in [-0.39, 0.29) is 5.78 Å². The van der Waals surface area contributed by atoms with Crippen molar-refractivity contribution < 1.29 is 4.79 Å². The minimum absolute atomic E-state index is 0.180. The van der Waals surface area contributed by atoms with Gasteiger partial charge in [0, 0.05) is 17.6 Å². The van der Waals surface area contributed by atoms with Crippen LogP contribution in [-0.4, -0.2) is 68.3 Å². The highest BCUT2D eigenvalue weighted by atomic mass is 16.1. The number of carbonyl (C=O) groups is 1. The topological polar surface area (TPSA) is 26.8 Å². The molecule has 1 aromatic carbocycles. The maximum Gasteiger partial charge on any atom is 0.182 e. The summed E-state index contributed by atoms with van der Waals surface area (Å²) in [7, 11) is 12.4. The highest BCUT2D eigenvalue weighted by molar-refractivity contribution is 6.02. The van der Waals surface area contributed by atoms with Crippen molar-refractivity contribution in [2.45, 2.75) is 44.3 Å². The van der Waals surface area contributed by atoms with Crippen molar-refractivity contribution in [3.63, 3.8) is 0 Å². The molecule has 0 aliphatic heterocycles. The highest BCUT2D eigenvalue weighted by Crippen LogP contribution is 2.41. The van der Waals surface area contributed by atoms with Crippen molar-refractivity contribution in [1.29, 1.82) is 0 Å². The van der Waals surface area contributed by atoms with Crippen molar-refractivity contribution >= 4 is 5.78 Å². The van der Waals surface area contributed by atoms with Crippen LogP contribution in [0.15, 0.2) is 18.2 Å². The summed E-state index contributed by atoms with van der Waals surface area (Å²) in [6.45, 7) is 3.97. The monoisotopic (exact) mass is 331 g/mol. The van der Waals surface area contributed by atoms with Crippen LogP contribution in [0.3, 0.4) is 0 Å². The van der Waals surface area contributed by atoms with Gasteiger partial charge in [-0.3, -0.25) is 9.69 Å². The Morgan fingerprint density at radius 3 is 1.88 bits per heavy atom. The van der Waals surface area contributed by atoms with Gasteiger partial charge >= 0.3 is 0 Å². The average molecular weight is 332 g/mol. The zero-order valence-electron chi connectivity index (χ0n) is 16.6. The number of ketones is 1. The molecule has 0 N–H and O–H groups in total. The van der Waals surface area contributed by atoms with E-state index in [0.717, 1.165) is 18.4 Å². The summed E-state index contributed by atoms with van der Waals surface area (Å²) in [5.41, 5.74) is 2.99. The van der Waals surface area contributed by atoms with E-state index in [2.05, 4.69) is 50.1 Å². The summed E-state index contributed by atoms with van der Waals surface area (Å²) >= 11 is 0.